The summed E-state index contributed by atoms with van der Waals surface area (Å²) in [5.41, 5.74) is 0.896. The lowest BCUT2D eigenvalue weighted by Crippen LogP contribution is -2.37. The van der Waals surface area contributed by atoms with Crippen molar-refractivity contribution in [1.82, 2.24) is 9.03 Å². The van der Waals surface area contributed by atoms with Gasteiger partial charge < -0.3 is 0 Å². The highest BCUT2D eigenvalue weighted by atomic mass is 32.2. The first-order chi connectivity index (χ1) is 14.2. The average Bonchev–Trinajstić information content (AvgIpc) is 2.74. The highest BCUT2D eigenvalue weighted by Crippen LogP contribution is 2.25. The molecule has 0 amide bonds. The smallest absolute Gasteiger partial charge is 0.208 e. The summed E-state index contributed by atoms with van der Waals surface area (Å²) in [4.78, 5) is 0.178. The molecule has 0 spiro atoms. The van der Waals surface area contributed by atoms with Crippen LogP contribution >= 0.6 is 0 Å². The molecule has 0 radical (unpaired) electrons. The lowest BCUT2D eigenvalue weighted by Gasteiger charge is -2.26. The fraction of sp³-hybridized carbons (Fsp3) is 0.455. The SMILES string of the molecule is CCN(Cc1ccccc1)S(=O)(=O)c1ccc(S(=O)(=O)NC2CCC(C)CC2)cc1. The van der Waals surface area contributed by atoms with E-state index in [1.54, 1.807) is 6.92 Å². The molecule has 8 heteroatoms. The van der Waals surface area contributed by atoms with Crippen molar-refractivity contribution < 1.29 is 16.8 Å². The molecule has 1 fully saturated rings. The standard InChI is InChI=1S/C22H30N2O4S2/c1-3-24(17-19-7-5-4-6-8-19)30(27,28)22-15-13-21(14-16-22)29(25,26)23-20-11-9-18(2)10-12-20/h4-8,13-16,18,20,23H,3,9-12,17H2,1-2H3. The minimum Gasteiger partial charge on any atom is -0.208 e. The quantitative estimate of drug-likeness (QED) is 0.664. The topological polar surface area (TPSA) is 83.6 Å². The van der Waals surface area contributed by atoms with Crippen molar-refractivity contribution >= 4 is 20.0 Å². The molecule has 1 aliphatic carbocycles. The van der Waals surface area contributed by atoms with Crippen molar-refractivity contribution in [1.29, 1.82) is 0 Å². The molecule has 0 unspecified atom stereocenters. The van der Waals surface area contributed by atoms with Crippen molar-refractivity contribution in [3.05, 3.63) is 60.2 Å². The van der Waals surface area contributed by atoms with Gasteiger partial charge in [-0.15, -0.1) is 0 Å². The van der Waals surface area contributed by atoms with Gasteiger partial charge in [-0.3, -0.25) is 0 Å². The maximum absolute atomic E-state index is 13.0. The lowest BCUT2D eigenvalue weighted by molar-refractivity contribution is 0.332. The molecular weight excluding hydrogens is 420 g/mol. The summed E-state index contributed by atoms with van der Waals surface area (Å²) in [7, 11) is -7.40. The summed E-state index contributed by atoms with van der Waals surface area (Å²) < 4.78 is 55.6. The van der Waals surface area contributed by atoms with Crippen molar-refractivity contribution in [3.63, 3.8) is 0 Å². The van der Waals surface area contributed by atoms with E-state index in [4.69, 9.17) is 0 Å². The second-order valence-corrected chi connectivity index (χ2v) is 11.6. The number of benzene rings is 2. The maximum Gasteiger partial charge on any atom is 0.243 e. The van der Waals surface area contributed by atoms with Crippen LogP contribution < -0.4 is 4.72 Å². The van der Waals surface area contributed by atoms with E-state index in [0.717, 1.165) is 31.2 Å². The Hall–Kier alpha value is -1.74. The van der Waals surface area contributed by atoms with Crippen molar-refractivity contribution in [2.75, 3.05) is 6.54 Å². The third kappa shape index (κ3) is 5.49. The van der Waals surface area contributed by atoms with Crippen LogP contribution in [0.1, 0.15) is 45.1 Å². The Morgan fingerprint density at radius 2 is 1.43 bits per heavy atom. The minimum absolute atomic E-state index is 0.0592. The first kappa shape index (κ1) is 22.9. The van der Waals surface area contributed by atoms with Crippen LogP contribution in [0, 0.1) is 5.92 Å². The van der Waals surface area contributed by atoms with Gasteiger partial charge in [-0.2, -0.15) is 4.31 Å². The van der Waals surface area contributed by atoms with E-state index in [0.29, 0.717) is 12.5 Å². The molecule has 0 bridgehead atoms. The van der Waals surface area contributed by atoms with Gasteiger partial charge in [-0.1, -0.05) is 44.2 Å². The van der Waals surface area contributed by atoms with Crippen LogP contribution in [0.3, 0.4) is 0 Å². The minimum atomic E-state index is -3.73. The van der Waals surface area contributed by atoms with E-state index >= 15 is 0 Å². The zero-order valence-electron chi connectivity index (χ0n) is 17.5. The van der Waals surface area contributed by atoms with E-state index in [1.165, 1.54) is 28.6 Å². The molecule has 0 saturated heterocycles. The molecule has 164 valence electrons. The zero-order valence-corrected chi connectivity index (χ0v) is 19.1. The Bertz CT molecular complexity index is 1030. The Morgan fingerprint density at radius 1 is 0.867 bits per heavy atom. The normalized spacial score (nSPS) is 20.4. The molecule has 0 aliphatic heterocycles. The van der Waals surface area contributed by atoms with Crippen LogP contribution in [0.4, 0.5) is 0 Å². The number of nitrogens with zero attached hydrogens (tertiary/aromatic N) is 1. The van der Waals surface area contributed by atoms with E-state index in [-0.39, 0.29) is 22.4 Å². The van der Waals surface area contributed by atoms with Gasteiger partial charge >= 0.3 is 0 Å². The van der Waals surface area contributed by atoms with Gasteiger partial charge in [0.1, 0.15) is 0 Å². The summed E-state index contributed by atoms with van der Waals surface area (Å²) in [5, 5.41) is 0. The monoisotopic (exact) mass is 450 g/mol. The molecule has 1 aliphatic rings. The van der Waals surface area contributed by atoms with Gasteiger partial charge in [0.25, 0.3) is 0 Å². The molecule has 0 aromatic heterocycles. The second kappa shape index (κ2) is 9.60. The van der Waals surface area contributed by atoms with E-state index < -0.39 is 20.0 Å². The largest absolute Gasteiger partial charge is 0.243 e. The van der Waals surface area contributed by atoms with E-state index in [1.807, 2.05) is 30.3 Å². The summed E-state index contributed by atoms with van der Waals surface area (Å²) in [5.74, 6) is 0.632. The third-order valence-corrected chi connectivity index (χ3v) is 9.14. The van der Waals surface area contributed by atoms with Crippen molar-refractivity contribution in [3.8, 4) is 0 Å². The maximum atomic E-state index is 13.0. The first-order valence-electron chi connectivity index (χ1n) is 10.4. The fourth-order valence-electron chi connectivity index (χ4n) is 3.76. The Morgan fingerprint density at radius 3 is 2.00 bits per heavy atom. The van der Waals surface area contributed by atoms with Gasteiger partial charge in [0.2, 0.25) is 20.0 Å². The second-order valence-electron chi connectivity index (χ2n) is 7.97. The first-order valence-corrected chi connectivity index (χ1v) is 13.3. The summed E-state index contributed by atoms with van der Waals surface area (Å²) in [6, 6.07) is 14.8. The Kier molecular flexibility index (Phi) is 7.34. The molecule has 1 N–H and O–H groups in total. The van der Waals surface area contributed by atoms with Crippen LogP contribution in [0.5, 0.6) is 0 Å². The van der Waals surface area contributed by atoms with Gasteiger partial charge in [0.15, 0.2) is 0 Å². The Labute approximate surface area is 180 Å². The number of hydrogen-bond acceptors (Lipinski definition) is 4. The Balaban J connectivity index is 1.74. The number of hydrogen-bond donors (Lipinski definition) is 1. The lowest BCUT2D eigenvalue weighted by atomic mass is 9.88. The molecule has 6 nitrogen and oxygen atoms in total. The van der Waals surface area contributed by atoms with E-state index in [2.05, 4.69) is 11.6 Å². The molecule has 1 saturated carbocycles. The van der Waals surface area contributed by atoms with E-state index in [9.17, 15) is 16.8 Å². The van der Waals surface area contributed by atoms with Crippen LogP contribution in [-0.2, 0) is 26.6 Å². The van der Waals surface area contributed by atoms with Crippen molar-refractivity contribution in [2.45, 2.75) is 61.9 Å². The van der Waals surface area contributed by atoms with Crippen LogP contribution in [-0.4, -0.2) is 33.7 Å². The van der Waals surface area contributed by atoms with Gasteiger partial charge in [-0.05, 0) is 61.4 Å². The highest BCUT2D eigenvalue weighted by molar-refractivity contribution is 7.89. The summed E-state index contributed by atoms with van der Waals surface area (Å²) in [6.45, 7) is 4.55. The predicted octanol–water partition coefficient (Wildman–Crippen LogP) is 3.75. The third-order valence-electron chi connectivity index (χ3n) is 5.66. The van der Waals surface area contributed by atoms with Crippen LogP contribution in [0.2, 0.25) is 0 Å². The molecule has 3 rings (SSSR count). The van der Waals surface area contributed by atoms with Gasteiger partial charge in [0.05, 0.1) is 9.79 Å². The summed E-state index contributed by atoms with van der Waals surface area (Å²) in [6.07, 6.45) is 3.69. The van der Waals surface area contributed by atoms with Crippen LogP contribution in [0.15, 0.2) is 64.4 Å². The molecule has 2 aromatic rings. The van der Waals surface area contributed by atoms with Gasteiger partial charge in [0, 0.05) is 19.1 Å². The number of nitrogens with one attached hydrogen (secondary N) is 1. The highest BCUT2D eigenvalue weighted by Gasteiger charge is 2.26. The molecule has 0 heterocycles. The van der Waals surface area contributed by atoms with Gasteiger partial charge in [-0.25, -0.2) is 21.6 Å². The van der Waals surface area contributed by atoms with Crippen molar-refractivity contribution in [2.24, 2.45) is 5.92 Å². The number of sulfonamides is 2. The predicted molar refractivity (Wildman–Crippen MR) is 118 cm³/mol. The molecule has 2 aromatic carbocycles. The molecule has 0 atom stereocenters. The zero-order chi connectivity index (χ0) is 21.8. The average molecular weight is 451 g/mol. The molecular formula is C22H30N2O4S2. The number of rotatable bonds is 8. The molecule has 30 heavy (non-hydrogen) atoms. The van der Waals surface area contributed by atoms with Crippen LogP contribution in [0.25, 0.3) is 0 Å². The summed E-state index contributed by atoms with van der Waals surface area (Å²) >= 11 is 0. The fourth-order valence-corrected chi connectivity index (χ4v) is 6.50.